The highest BCUT2D eigenvalue weighted by Gasteiger charge is 2.09. The van der Waals surface area contributed by atoms with E-state index in [1.54, 1.807) is 0 Å². The number of rotatable bonds is 1. The maximum absolute atomic E-state index is 8.76. The maximum atomic E-state index is 8.76. The lowest BCUT2D eigenvalue weighted by atomic mass is 10.2. The van der Waals surface area contributed by atoms with Gasteiger partial charge in [-0.15, -0.1) is 0 Å². The van der Waals surface area contributed by atoms with Crippen molar-refractivity contribution < 1.29 is 5.11 Å². The van der Waals surface area contributed by atoms with E-state index in [1.165, 1.54) is 5.75 Å². The summed E-state index contributed by atoms with van der Waals surface area (Å²) < 4.78 is 0. The second kappa shape index (κ2) is 4.14. The highest BCUT2D eigenvalue weighted by Crippen LogP contribution is 2.09. The molecule has 2 N–H and O–H groups in total. The number of aliphatic hydroxyl groups excluding tert-OH is 1. The van der Waals surface area contributed by atoms with Crippen molar-refractivity contribution in [1.29, 1.82) is 0 Å². The lowest BCUT2D eigenvalue weighted by molar-refractivity contribution is 0.238. The van der Waals surface area contributed by atoms with Crippen LogP contribution in [0.1, 0.15) is 0 Å². The van der Waals surface area contributed by atoms with E-state index in [2.05, 4.69) is 5.32 Å². The van der Waals surface area contributed by atoms with E-state index < -0.39 is 0 Å². The molecule has 1 fully saturated rings. The molecule has 1 aliphatic heterocycles. The van der Waals surface area contributed by atoms with Crippen molar-refractivity contribution in [1.82, 2.24) is 5.32 Å². The van der Waals surface area contributed by atoms with Gasteiger partial charge in [-0.1, -0.05) is 0 Å². The van der Waals surface area contributed by atoms with Gasteiger partial charge in [0.2, 0.25) is 0 Å². The van der Waals surface area contributed by atoms with Crippen LogP contribution in [0.3, 0.4) is 0 Å². The highest BCUT2D eigenvalue weighted by molar-refractivity contribution is 7.99. The van der Waals surface area contributed by atoms with Gasteiger partial charge < -0.3 is 10.4 Å². The molecule has 0 aromatic rings. The normalized spacial score (nSPS) is 29.7. The third-order valence-electron chi connectivity index (χ3n) is 1.47. The predicted octanol–water partition coefficient (Wildman–Crippen LogP) is -0.0687. The molecule has 0 bridgehead atoms. The fourth-order valence-corrected chi connectivity index (χ4v) is 1.89. The highest BCUT2D eigenvalue weighted by atomic mass is 32.2. The van der Waals surface area contributed by atoms with E-state index in [4.69, 9.17) is 5.11 Å². The van der Waals surface area contributed by atoms with Gasteiger partial charge in [-0.3, -0.25) is 0 Å². The summed E-state index contributed by atoms with van der Waals surface area (Å²) in [5.41, 5.74) is 0. The molecule has 0 amide bonds. The van der Waals surface area contributed by atoms with Crippen molar-refractivity contribution in [3.05, 3.63) is 0 Å². The molecule has 9 heavy (non-hydrogen) atoms. The summed E-state index contributed by atoms with van der Waals surface area (Å²) in [6, 6.07) is 0. The number of hydrogen-bond acceptors (Lipinski definition) is 3. The first-order valence-electron chi connectivity index (χ1n) is 3.33. The second-order valence-corrected chi connectivity index (χ2v) is 3.48. The van der Waals surface area contributed by atoms with Crippen LogP contribution in [0.15, 0.2) is 0 Å². The first kappa shape index (κ1) is 7.38. The average Bonchev–Trinajstić information content (AvgIpc) is 2.13. The van der Waals surface area contributed by atoms with Crippen LogP contribution in [0.25, 0.3) is 0 Å². The summed E-state index contributed by atoms with van der Waals surface area (Å²) >= 11 is 1.93. The Bertz CT molecular complexity index is 71.5. The van der Waals surface area contributed by atoms with E-state index in [9.17, 15) is 0 Å². The van der Waals surface area contributed by atoms with Crippen LogP contribution >= 0.6 is 11.8 Å². The van der Waals surface area contributed by atoms with Crippen LogP contribution in [0.5, 0.6) is 0 Å². The van der Waals surface area contributed by atoms with Gasteiger partial charge in [-0.05, 0) is 5.75 Å². The van der Waals surface area contributed by atoms with Gasteiger partial charge in [-0.25, -0.2) is 0 Å². The number of aliphatic hydroxyl groups is 1. The zero-order valence-electron chi connectivity index (χ0n) is 5.47. The van der Waals surface area contributed by atoms with Crippen molar-refractivity contribution >= 4 is 11.8 Å². The summed E-state index contributed by atoms with van der Waals surface area (Å²) in [6.45, 7) is 2.42. The monoisotopic (exact) mass is 147 g/mol. The predicted molar refractivity (Wildman–Crippen MR) is 40.8 cm³/mol. The van der Waals surface area contributed by atoms with Crippen LogP contribution in [0, 0.1) is 5.92 Å². The average molecular weight is 147 g/mol. The van der Waals surface area contributed by atoms with Crippen LogP contribution in [0.4, 0.5) is 0 Å². The Balaban J connectivity index is 2.18. The Kier molecular flexibility index (Phi) is 3.40. The molecule has 0 aromatic heterocycles. The molecule has 3 heteroatoms. The topological polar surface area (TPSA) is 32.3 Å². The van der Waals surface area contributed by atoms with Crippen LogP contribution < -0.4 is 5.32 Å². The summed E-state index contributed by atoms with van der Waals surface area (Å²) in [5, 5.41) is 12.0. The van der Waals surface area contributed by atoms with Crippen molar-refractivity contribution in [3.63, 3.8) is 0 Å². The molecular weight excluding hydrogens is 134 g/mol. The number of nitrogens with one attached hydrogen (secondary N) is 1. The molecule has 54 valence electrons. The van der Waals surface area contributed by atoms with Gasteiger partial charge in [-0.2, -0.15) is 11.8 Å². The lowest BCUT2D eigenvalue weighted by Crippen LogP contribution is -2.24. The minimum Gasteiger partial charge on any atom is -0.396 e. The SMILES string of the molecule is OCC1CNCCSC1. The van der Waals surface area contributed by atoms with Crippen molar-refractivity contribution in [2.75, 3.05) is 31.2 Å². The molecule has 1 rings (SSSR count). The van der Waals surface area contributed by atoms with Crippen molar-refractivity contribution in [3.8, 4) is 0 Å². The van der Waals surface area contributed by atoms with Gasteiger partial charge in [0.25, 0.3) is 0 Å². The van der Waals surface area contributed by atoms with Gasteiger partial charge in [0.05, 0.1) is 0 Å². The minimum absolute atomic E-state index is 0.333. The van der Waals surface area contributed by atoms with Crippen molar-refractivity contribution in [2.45, 2.75) is 0 Å². The molecule has 1 atom stereocenters. The Morgan fingerprint density at radius 1 is 1.67 bits per heavy atom. The molecule has 1 aliphatic rings. The van der Waals surface area contributed by atoms with E-state index >= 15 is 0 Å². The fourth-order valence-electron chi connectivity index (χ4n) is 0.877. The molecule has 0 saturated carbocycles. The van der Waals surface area contributed by atoms with Gasteiger partial charge in [0, 0.05) is 31.4 Å². The molecule has 1 saturated heterocycles. The van der Waals surface area contributed by atoms with E-state index in [0.29, 0.717) is 12.5 Å². The van der Waals surface area contributed by atoms with E-state index in [0.717, 1.165) is 18.8 Å². The Labute approximate surface area is 60.0 Å². The quantitative estimate of drug-likeness (QED) is 0.544. The molecule has 0 radical (unpaired) electrons. The third kappa shape index (κ3) is 2.56. The summed E-state index contributed by atoms with van der Waals surface area (Å²) in [4.78, 5) is 0. The molecular formula is C6H13NOS. The molecule has 0 aromatic carbocycles. The Hall–Kier alpha value is 0.270. The largest absolute Gasteiger partial charge is 0.396 e. The third-order valence-corrected chi connectivity index (χ3v) is 2.67. The molecule has 2 nitrogen and oxygen atoms in total. The van der Waals surface area contributed by atoms with Crippen LogP contribution in [-0.4, -0.2) is 36.3 Å². The van der Waals surface area contributed by atoms with Crippen LogP contribution in [-0.2, 0) is 0 Å². The molecule has 0 spiro atoms. The molecule has 1 heterocycles. The minimum atomic E-state index is 0.333. The number of thioether (sulfide) groups is 1. The van der Waals surface area contributed by atoms with Crippen LogP contribution in [0.2, 0.25) is 0 Å². The maximum Gasteiger partial charge on any atom is 0.0479 e. The number of hydrogen-bond donors (Lipinski definition) is 2. The Morgan fingerprint density at radius 2 is 2.56 bits per heavy atom. The summed E-state index contributed by atoms with van der Waals surface area (Å²) in [7, 11) is 0. The summed E-state index contributed by atoms with van der Waals surface area (Å²) in [6.07, 6.45) is 0. The zero-order valence-corrected chi connectivity index (χ0v) is 6.28. The molecule has 1 unspecified atom stereocenters. The summed E-state index contributed by atoms with van der Waals surface area (Å²) in [5.74, 6) is 2.79. The van der Waals surface area contributed by atoms with Gasteiger partial charge >= 0.3 is 0 Å². The fraction of sp³-hybridized carbons (Fsp3) is 1.00. The van der Waals surface area contributed by atoms with Gasteiger partial charge in [0.1, 0.15) is 0 Å². The first-order chi connectivity index (χ1) is 4.43. The smallest absolute Gasteiger partial charge is 0.0479 e. The van der Waals surface area contributed by atoms with E-state index in [-0.39, 0.29) is 0 Å². The second-order valence-electron chi connectivity index (χ2n) is 2.33. The van der Waals surface area contributed by atoms with E-state index in [1.807, 2.05) is 11.8 Å². The molecule has 0 aliphatic carbocycles. The first-order valence-corrected chi connectivity index (χ1v) is 4.48. The van der Waals surface area contributed by atoms with Crippen molar-refractivity contribution in [2.24, 2.45) is 5.92 Å². The Morgan fingerprint density at radius 3 is 3.33 bits per heavy atom. The zero-order chi connectivity index (χ0) is 6.53. The lowest BCUT2D eigenvalue weighted by Gasteiger charge is -2.07. The standard InChI is InChI=1S/C6H13NOS/c8-4-6-3-7-1-2-9-5-6/h6-8H,1-5H2. The van der Waals surface area contributed by atoms with Gasteiger partial charge in [0.15, 0.2) is 0 Å².